The molecule has 1 unspecified atom stereocenters. The Morgan fingerprint density at radius 2 is 1.80 bits per heavy atom. The standard InChI is InChI=1S/C26H27F2N3O4/c27-26(28)35-22-4-2-1-3-18(22)14-30-11-9-16(10-12-30)17-5-6-20-19(13-17)15-31(25(20)34)21-7-8-23(32)29-24(21)33/h1-6,13,16,21,26H,7-12,14-15H2,(H,29,32,33). The molecule has 7 nitrogen and oxygen atoms in total. The number of halogens is 2. The number of imide groups is 1. The normalized spacial score (nSPS) is 21.4. The second-order valence-electron chi connectivity index (χ2n) is 9.35. The van der Waals surface area contributed by atoms with Crippen molar-refractivity contribution in [3.05, 3.63) is 64.7 Å². The van der Waals surface area contributed by atoms with E-state index in [1.807, 2.05) is 24.3 Å². The number of carbonyl (C=O) groups excluding carboxylic acids is 3. The van der Waals surface area contributed by atoms with Gasteiger partial charge in [-0.15, -0.1) is 0 Å². The third kappa shape index (κ3) is 4.91. The predicted molar refractivity (Wildman–Crippen MR) is 123 cm³/mol. The minimum Gasteiger partial charge on any atom is -0.434 e. The summed E-state index contributed by atoms with van der Waals surface area (Å²) in [6.45, 7) is -0.277. The maximum atomic E-state index is 12.9. The van der Waals surface area contributed by atoms with Crippen LogP contribution < -0.4 is 10.1 Å². The number of nitrogens with one attached hydrogen (secondary N) is 1. The number of para-hydroxylation sites is 1. The highest BCUT2D eigenvalue weighted by Crippen LogP contribution is 2.34. The zero-order valence-corrected chi connectivity index (χ0v) is 19.2. The number of amides is 3. The van der Waals surface area contributed by atoms with Gasteiger partial charge in [0.2, 0.25) is 11.8 Å². The van der Waals surface area contributed by atoms with Crippen LogP contribution in [0.25, 0.3) is 0 Å². The van der Waals surface area contributed by atoms with Gasteiger partial charge in [-0.2, -0.15) is 8.78 Å². The fourth-order valence-electron chi connectivity index (χ4n) is 5.36. The van der Waals surface area contributed by atoms with E-state index in [4.69, 9.17) is 0 Å². The summed E-state index contributed by atoms with van der Waals surface area (Å²) in [5.74, 6) is -0.317. The first-order chi connectivity index (χ1) is 16.9. The SMILES string of the molecule is O=C1CCC(N2Cc3cc(C4CCN(Cc5ccccc5OC(F)F)CC4)ccc3C2=O)C(=O)N1. The van der Waals surface area contributed by atoms with E-state index in [-0.39, 0.29) is 24.0 Å². The molecule has 0 spiro atoms. The van der Waals surface area contributed by atoms with Crippen LogP contribution >= 0.6 is 0 Å². The second-order valence-corrected chi connectivity index (χ2v) is 9.35. The van der Waals surface area contributed by atoms with E-state index >= 15 is 0 Å². The van der Waals surface area contributed by atoms with Crippen molar-refractivity contribution in [2.24, 2.45) is 0 Å². The number of nitrogens with zero attached hydrogens (tertiary/aromatic N) is 2. The average molecular weight is 484 g/mol. The fourth-order valence-corrected chi connectivity index (χ4v) is 5.36. The molecule has 0 saturated carbocycles. The second kappa shape index (κ2) is 9.73. The Morgan fingerprint density at radius 1 is 1.03 bits per heavy atom. The molecule has 2 fully saturated rings. The van der Waals surface area contributed by atoms with Gasteiger partial charge in [-0.1, -0.05) is 30.3 Å². The maximum Gasteiger partial charge on any atom is 0.387 e. The molecule has 2 aromatic rings. The monoisotopic (exact) mass is 483 g/mol. The van der Waals surface area contributed by atoms with Gasteiger partial charge in [0.15, 0.2) is 0 Å². The summed E-state index contributed by atoms with van der Waals surface area (Å²) in [6.07, 6.45) is 2.42. The first kappa shape index (κ1) is 23.4. The molecule has 35 heavy (non-hydrogen) atoms. The quantitative estimate of drug-likeness (QED) is 0.637. The van der Waals surface area contributed by atoms with E-state index in [9.17, 15) is 23.2 Å². The molecule has 9 heteroatoms. The van der Waals surface area contributed by atoms with Crippen LogP contribution in [-0.2, 0) is 22.7 Å². The van der Waals surface area contributed by atoms with Crippen molar-refractivity contribution in [1.82, 2.24) is 15.1 Å². The molecule has 0 aromatic heterocycles. The number of piperidine rings is 2. The number of fused-ring (bicyclic) bond motifs is 1. The Labute approximate surface area is 202 Å². The van der Waals surface area contributed by atoms with Crippen molar-refractivity contribution < 1.29 is 27.9 Å². The molecule has 184 valence electrons. The van der Waals surface area contributed by atoms with Crippen molar-refractivity contribution in [2.75, 3.05) is 13.1 Å². The predicted octanol–water partition coefficient (Wildman–Crippen LogP) is 3.43. The van der Waals surface area contributed by atoms with Crippen molar-refractivity contribution in [1.29, 1.82) is 0 Å². The lowest BCUT2D eigenvalue weighted by Gasteiger charge is -2.32. The van der Waals surface area contributed by atoms with E-state index < -0.39 is 18.6 Å². The van der Waals surface area contributed by atoms with Crippen LogP contribution in [0.15, 0.2) is 42.5 Å². The summed E-state index contributed by atoms with van der Waals surface area (Å²) in [7, 11) is 0. The lowest BCUT2D eigenvalue weighted by molar-refractivity contribution is -0.136. The minimum atomic E-state index is -2.85. The van der Waals surface area contributed by atoms with Gasteiger partial charge in [-0.25, -0.2) is 0 Å². The third-order valence-electron chi connectivity index (χ3n) is 7.19. The Balaban J connectivity index is 1.21. The number of hydrogen-bond acceptors (Lipinski definition) is 5. The number of benzene rings is 2. The summed E-state index contributed by atoms with van der Waals surface area (Å²) in [4.78, 5) is 40.5. The summed E-state index contributed by atoms with van der Waals surface area (Å²) in [5, 5.41) is 2.33. The van der Waals surface area contributed by atoms with Gasteiger partial charge in [0.05, 0.1) is 0 Å². The minimum absolute atomic E-state index is 0.166. The summed E-state index contributed by atoms with van der Waals surface area (Å²) in [6, 6.07) is 12.2. The first-order valence-electron chi connectivity index (χ1n) is 11.9. The van der Waals surface area contributed by atoms with Crippen LogP contribution in [0.4, 0.5) is 8.78 Å². The average Bonchev–Trinajstić information content (AvgIpc) is 3.16. The molecular formula is C26H27F2N3O4. The van der Waals surface area contributed by atoms with Gasteiger partial charge in [0.1, 0.15) is 11.8 Å². The smallest absolute Gasteiger partial charge is 0.387 e. The Hall–Kier alpha value is -3.33. The topological polar surface area (TPSA) is 79.0 Å². The summed E-state index contributed by atoms with van der Waals surface area (Å²) in [5.41, 5.74) is 3.45. The fraction of sp³-hybridized carbons (Fsp3) is 0.423. The van der Waals surface area contributed by atoms with Crippen LogP contribution in [0.5, 0.6) is 5.75 Å². The van der Waals surface area contributed by atoms with Gasteiger partial charge >= 0.3 is 6.61 Å². The number of rotatable bonds is 6. The van der Waals surface area contributed by atoms with Crippen molar-refractivity contribution in [3.63, 3.8) is 0 Å². The van der Waals surface area contributed by atoms with Crippen molar-refractivity contribution in [2.45, 2.75) is 57.3 Å². The lowest BCUT2D eigenvalue weighted by atomic mass is 9.87. The summed E-state index contributed by atoms with van der Waals surface area (Å²) < 4.78 is 30.1. The molecule has 0 aliphatic carbocycles. The number of hydrogen-bond donors (Lipinski definition) is 1. The molecule has 2 aromatic carbocycles. The molecule has 3 amide bonds. The van der Waals surface area contributed by atoms with Gasteiger partial charge in [-0.3, -0.25) is 24.6 Å². The number of carbonyl (C=O) groups is 3. The largest absolute Gasteiger partial charge is 0.434 e. The van der Waals surface area contributed by atoms with Gasteiger partial charge in [-0.05, 0) is 61.5 Å². The Kier molecular flexibility index (Phi) is 6.51. The van der Waals surface area contributed by atoms with Crippen LogP contribution in [0.1, 0.15) is 58.6 Å². The molecule has 1 atom stereocenters. The lowest BCUT2D eigenvalue weighted by Crippen LogP contribution is -2.52. The van der Waals surface area contributed by atoms with E-state index in [2.05, 4.69) is 21.0 Å². The zero-order chi connectivity index (χ0) is 24.5. The van der Waals surface area contributed by atoms with Crippen LogP contribution in [0, 0.1) is 0 Å². The van der Waals surface area contributed by atoms with E-state index in [0.717, 1.165) is 37.1 Å². The number of likely N-dealkylation sites (tertiary alicyclic amines) is 1. The van der Waals surface area contributed by atoms with Crippen molar-refractivity contribution in [3.8, 4) is 5.75 Å². The van der Waals surface area contributed by atoms with Crippen LogP contribution in [-0.4, -0.2) is 53.3 Å². The first-order valence-corrected chi connectivity index (χ1v) is 11.9. The summed E-state index contributed by atoms with van der Waals surface area (Å²) >= 11 is 0. The molecule has 3 aliphatic rings. The molecule has 2 saturated heterocycles. The number of alkyl halides is 2. The van der Waals surface area contributed by atoms with Gasteiger partial charge in [0, 0.05) is 30.6 Å². The Morgan fingerprint density at radius 3 is 2.54 bits per heavy atom. The van der Waals surface area contributed by atoms with Crippen LogP contribution in [0.2, 0.25) is 0 Å². The van der Waals surface area contributed by atoms with Crippen molar-refractivity contribution >= 4 is 17.7 Å². The third-order valence-corrected chi connectivity index (χ3v) is 7.19. The Bertz CT molecular complexity index is 1150. The number of ether oxygens (including phenoxy) is 1. The maximum absolute atomic E-state index is 12.9. The van der Waals surface area contributed by atoms with Gasteiger partial charge < -0.3 is 9.64 Å². The van der Waals surface area contributed by atoms with Crippen LogP contribution in [0.3, 0.4) is 0 Å². The van der Waals surface area contributed by atoms with Gasteiger partial charge in [0.25, 0.3) is 5.91 Å². The molecular weight excluding hydrogens is 456 g/mol. The molecule has 3 heterocycles. The highest BCUT2D eigenvalue weighted by molar-refractivity contribution is 6.05. The van der Waals surface area contributed by atoms with E-state index in [0.29, 0.717) is 31.0 Å². The molecule has 0 radical (unpaired) electrons. The molecule has 0 bridgehead atoms. The molecule has 5 rings (SSSR count). The molecule has 1 N–H and O–H groups in total. The highest BCUT2D eigenvalue weighted by Gasteiger charge is 2.39. The van der Waals surface area contributed by atoms with E-state index in [1.54, 1.807) is 17.0 Å². The molecule has 3 aliphatic heterocycles. The zero-order valence-electron chi connectivity index (χ0n) is 19.2. The highest BCUT2D eigenvalue weighted by atomic mass is 19.3. The van der Waals surface area contributed by atoms with E-state index in [1.165, 1.54) is 5.56 Å².